The third-order valence-corrected chi connectivity index (χ3v) is 6.73. The van der Waals surface area contributed by atoms with Crippen LogP contribution >= 0.6 is 11.6 Å². The fourth-order valence-electron chi connectivity index (χ4n) is 4.19. The minimum absolute atomic E-state index is 0.116. The fourth-order valence-corrected chi connectivity index (χ4v) is 4.32. The Morgan fingerprint density at radius 1 is 0.921 bits per heavy atom. The number of nitrogens with one attached hydrogen (secondary N) is 1. The quantitative estimate of drug-likeness (QED) is 0.218. The van der Waals surface area contributed by atoms with Crippen molar-refractivity contribution in [2.45, 2.75) is 32.4 Å². The second kappa shape index (κ2) is 11.0. The molecule has 3 aromatic carbocycles. The standard InChI is InChI=1S/C31H28ClN3O3/c1-31(2,23-6-4-3-5-7-23)24-10-14-26(15-11-24)37-21-27-16-17-28(38-27)30(36)33-29-18-19-35(34-29)20-22-8-12-25(32)13-9-22/h3-19H,20-21H2,1-2H3,(H,33,34,36). The van der Waals surface area contributed by atoms with Crippen molar-refractivity contribution >= 4 is 23.3 Å². The summed E-state index contributed by atoms with van der Waals surface area (Å²) in [6, 6.07) is 31.1. The molecule has 0 aliphatic carbocycles. The highest BCUT2D eigenvalue weighted by atomic mass is 35.5. The summed E-state index contributed by atoms with van der Waals surface area (Å²) in [5.74, 6) is 1.54. The molecule has 0 spiro atoms. The largest absolute Gasteiger partial charge is 0.486 e. The maximum Gasteiger partial charge on any atom is 0.292 e. The van der Waals surface area contributed by atoms with E-state index in [0.717, 1.165) is 11.3 Å². The van der Waals surface area contributed by atoms with Crippen molar-refractivity contribution in [2.24, 2.45) is 0 Å². The molecule has 1 amide bonds. The Balaban J connectivity index is 1.15. The van der Waals surface area contributed by atoms with E-state index in [1.807, 2.05) is 42.5 Å². The van der Waals surface area contributed by atoms with Gasteiger partial charge in [-0.05, 0) is 53.1 Å². The number of hydrogen-bond acceptors (Lipinski definition) is 4. The molecule has 2 aromatic heterocycles. The molecule has 0 aliphatic rings. The van der Waals surface area contributed by atoms with Crippen molar-refractivity contribution in [1.29, 1.82) is 0 Å². The van der Waals surface area contributed by atoms with Gasteiger partial charge in [0.15, 0.2) is 11.6 Å². The molecule has 5 aromatic rings. The molecule has 0 fully saturated rings. The van der Waals surface area contributed by atoms with E-state index < -0.39 is 0 Å². The van der Waals surface area contributed by atoms with Gasteiger partial charge in [-0.15, -0.1) is 0 Å². The number of nitrogens with zero attached hydrogens (tertiary/aromatic N) is 2. The van der Waals surface area contributed by atoms with E-state index in [-0.39, 0.29) is 23.7 Å². The van der Waals surface area contributed by atoms with Gasteiger partial charge in [-0.3, -0.25) is 9.48 Å². The fraction of sp³-hybridized carbons (Fsp3) is 0.161. The first kappa shape index (κ1) is 25.4. The van der Waals surface area contributed by atoms with Crippen molar-refractivity contribution in [3.63, 3.8) is 0 Å². The first-order valence-electron chi connectivity index (χ1n) is 12.3. The number of anilines is 1. The number of amides is 1. The minimum Gasteiger partial charge on any atom is -0.486 e. The predicted molar refractivity (Wildman–Crippen MR) is 149 cm³/mol. The normalized spacial score (nSPS) is 11.3. The summed E-state index contributed by atoms with van der Waals surface area (Å²) in [4.78, 5) is 12.6. The molecular formula is C31H28ClN3O3. The van der Waals surface area contributed by atoms with Crippen LogP contribution in [0.4, 0.5) is 5.82 Å². The number of aromatic nitrogens is 2. The molecule has 7 heteroatoms. The molecule has 0 saturated heterocycles. The SMILES string of the molecule is CC(C)(c1ccccc1)c1ccc(OCc2ccc(C(=O)Nc3ccn(Cc4ccc(Cl)cc4)n3)o2)cc1. The van der Waals surface area contributed by atoms with E-state index in [1.165, 1.54) is 11.1 Å². The van der Waals surface area contributed by atoms with E-state index in [9.17, 15) is 4.79 Å². The monoisotopic (exact) mass is 525 g/mol. The van der Waals surface area contributed by atoms with E-state index in [0.29, 0.717) is 23.1 Å². The van der Waals surface area contributed by atoms with Crippen LogP contribution in [0.2, 0.25) is 5.02 Å². The summed E-state index contributed by atoms with van der Waals surface area (Å²) in [6.45, 7) is 5.19. The molecule has 38 heavy (non-hydrogen) atoms. The van der Waals surface area contributed by atoms with Crippen LogP contribution in [0.1, 0.15) is 46.9 Å². The Labute approximate surface area is 226 Å². The molecule has 0 saturated carbocycles. The lowest BCUT2D eigenvalue weighted by Gasteiger charge is -2.26. The molecule has 1 N–H and O–H groups in total. The maximum atomic E-state index is 12.6. The van der Waals surface area contributed by atoms with Crippen molar-refractivity contribution in [3.8, 4) is 5.75 Å². The van der Waals surface area contributed by atoms with E-state index in [1.54, 1.807) is 29.1 Å². The lowest BCUT2D eigenvalue weighted by molar-refractivity contribution is 0.0992. The number of rotatable bonds is 9. The molecule has 0 aliphatic heterocycles. The maximum absolute atomic E-state index is 12.6. The molecule has 0 radical (unpaired) electrons. The van der Waals surface area contributed by atoms with Crippen molar-refractivity contribution in [2.75, 3.05) is 5.32 Å². The Hall–Kier alpha value is -4.29. The highest BCUT2D eigenvalue weighted by molar-refractivity contribution is 6.30. The van der Waals surface area contributed by atoms with Crippen LogP contribution in [-0.4, -0.2) is 15.7 Å². The van der Waals surface area contributed by atoms with Crippen LogP contribution in [-0.2, 0) is 18.6 Å². The van der Waals surface area contributed by atoms with Gasteiger partial charge < -0.3 is 14.5 Å². The Morgan fingerprint density at radius 3 is 2.37 bits per heavy atom. The molecule has 0 bridgehead atoms. The van der Waals surface area contributed by atoms with Gasteiger partial charge in [0.2, 0.25) is 0 Å². The molecular weight excluding hydrogens is 498 g/mol. The molecule has 5 rings (SSSR count). The molecule has 192 valence electrons. The highest BCUT2D eigenvalue weighted by Crippen LogP contribution is 2.32. The van der Waals surface area contributed by atoms with Crippen LogP contribution in [0.15, 0.2) is 108 Å². The highest BCUT2D eigenvalue weighted by Gasteiger charge is 2.22. The van der Waals surface area contributed by atoms with E-state index in [4.69, 9.17) is 20.8 Å². The zero-order valence-corrected chi connectivity index (χ0v) is 22.0. The summed E-state index contributed by atoms with van der Waals surface area (Å²) in [6.07, 6.45) is 1.80. The van der Waals surface area contributed by atoms with Gasteiger partial charge in [-0.2, -0.15) is 5.10 Å². The van der Waals surface area contributed by atoms with Crippen LogP contribution in [0.25, 0.3) is 0 Å². The average molecular weight is 526 g/mol. The topological polar surface area (TPSA) is 69.3 Å². The molecule has 0 atom stereocenters. The Bertz CT molecular complexity index is 1500. The van der Waals surface area contributed by atoms with Gasteiger partial charge in [0.1, 0.15) is 18.1 Å². The third kappa shape index (κ3) is 5.98. The number of halogens is 1. The first-order chi connectivity index (χ1) is 18.4. The van der Waals surface area contributed by atoms with E-state index >= 15 is 0 Å². The number of hydrogen-bond donors (Lipinski definition) is 1. The zero-order chi connectivity index (χ0) is 26.5. The average Bonchev–Trinajstić information content (AvgIpc) is 3.59. The van der Waals surface area contributed by atoms with Gasteiger partial charge in [-0.1, -0.05) is 80.0 Å². The summed E-state index contributed by atoms with van der Waals surface area (Å²) in [7, 11) is 0. The molecule has 2 heterocycles. The smallest absolute Gasteiger partial charge is 0.292 e. The number of carbonyl (C=O) groups is 1. The van der Waals surface area contributed by atoms with Crippen LogP contribution in [0.5, 0.6) is 5.75 Å². The van der Waals surface area contributed by atoms with Crippen molar-refractivity contribution < 1.29 is 13.9 Å². The predicted octanol–water partition coefficient (Wildman–Crippen LogP) is 7.34. The zero-order valence-electron chi connectivity index (χ0n) is 21.2. The third-order valence-electron chi connectivity index (χ3n) is 6.48. The van der Waals surface area contributed by atoms with Gasteiger partial charge in [0.05, 0.1) is 6.54 Å². The van der Waals surface area contributed by atoms with Crippen LogP contribution in [0.3, 0.4) is 0 Å². The summed E-state index contributed by atoms with van der Waals surface area (Å²) in [5, 5.41) is 7.86. The summed E-state index contributed by atoms with van der Waals surface area (Å²) >= 11 is 5.94. The van der Waals surface area contributed by atoms with Crippen molar-refractivity contribution in [3.05, 3.63) is 136 Å². The summed E-state index contributed by atoms with van der Waals surface area (Å²) in [5.41, 5.74) is 3.39. The van der Waals surface area contributed by atoms with Crippen molar-refractivity contribution in [1.82, 2.24) is 9.78 Å². The lowest BCUT2D eigenvalue weighted by atomic mass is 9.78. The van der Waals surface area contributed by atoms with Gasteiger partial charge in [0, 0.05) is 22.7 Å². The summed E-state index contributed by atoms with van der Waals surface area (Å²) < 4.78 is 13.3. The van der Waals surface area contributed by atoms with E-state index in [2.05, 4.69) is 60.7 Å². The first-order valence-corrected chi connectivity index (χ1v) is 12.7. The lowest BCUT2D eigenvalue weighted by Crippen LogP contribution is -2.18. The minimum atomic E-state index is -0.375. The number of ether oxygens (including phenoxy) is 1. The number of carbonyl (C=O) groups excluding carboxylic acids is 1. The van der Waals surface area contributed by atoms with Gasteiger partial charge in [-0.25, -0.2) is 0 Å². The van der Waals surface area contributed by atoms with Gasteiger partial charge >= 0.3 is 0 Å². The van der Waals surface area contributed by atoms with Gasteiger partial charge in [0.25, 0.3) is 5.91 Å². The Morgan fingerprint density at radius 2 is 1.63 bits per heavy atom. The number of benzene rings is 3. The Kier molecular flexibility index (Phi) is 7.33. The molecule has 6 nitrogen and oxygen atoms in total. The molecule has 0 unspecified atom stereocenters. The van der Waals surface area contributed by atoms with Crippen LogP contribution < -0.4 is 10.1 Å². The second-order valence-electron chi connectivity index (χ2n) is 9.55. The number of furan rings is 1. The second-order valence-corrected chi connectivity index (χ2v) is 9.99. The van der Waals surface area contributed by atoms with Crippen LogP contribution in [0, 0.1) is 0 Å².